The van der Waals surface area contributed by atoms with Crippen LogP contribution >= 0.6 is 0 Å². The van der Waals surface area contributed by atoms with Crippen molar-refractivity contribution in [3.8, 4) is 0 Å². The van der Waals surface area contributed by atoms with Crippen molar-refractivity contribution in [3.05, 3.63) is 0 Å². The molecule has 1 aliphatic heterocycles. The Morgan fingerprint density at radius 2 is 1.78 bits per heavy atom. The molecule has 0 amide bonds. The van der Waals surface area contributed by atoms with Crippen molar-refractivity contribution in [2.24, 2.45) is 5.73 Å². The SMILES string of the molecule is CCCCCCCCOC(=O)C1(N)CCOCC1. The molecule has 2 N–H and O–H groups in total. The lowest BCUT2D eigenvalue weighted by Crippen LogP contribution is -2.52. The van der Waals surface area contributed by atoms with Crippen molar-refractivity contribution in [3.63, 3.8) is 0 Å². The van der Waals surface area contributed by atoms with E-state index in [2.05, 4.69) is 6.92 Å². The molecule has 0 bridgehead atoms. The van der Waals surface area contributed by atoms with Gasteiger partial charge in [-0.2, -0.15) is 0 Å². The second-order valence-electron chi connectivity index (χ2n) is 5.17. The molecule has 106 valence electrons. The quantitative estimate of drug-likeness (QED) is 0.536. The van der Waals surface area contributed by atoms with Crippen LogP contribution in [0.5, 0.6) is 0 Å². The van der Waals surface area contributed by atoms with E-state index in [-0.39, 0.29) is 5.97 Å². The number of hydrogen-bond donors (Lipinski definition) is 1. The average Bonchev–Trinajstić information content (AvgIpc) is 2.38. The zero-order chi connectivity index (χ0) is 13.3. The molecule has 1 aliphatic rings. The summed E-state index contributed by atoms with van der Waals surface area (Å²) in [7, 11) is 0. The predicted octanol–water partition coefficient (Wildman–Crippen LogP) is 2.40. The number of rotatable bonds is 8. The first kappa shape index (κ1) is 15.4. The number of carbonyl (C=O) groups is 1. The molecule has 0 atom stereocenters. The number of carbonyl (C=O) groups excluding carboxylic acids is 1. The fourth-order valence-electron chi connectivity index (χ4n) is 2.13. The molecule has 0 unspecified atom stereocenters. The summed E-state index contributed by atoms with van der Waals surface area (Å²) in [6.45, 7) is 3.83. The van der Waals surface area contributed by atoms with Crippen molar-refractivity contribution in [2.75, 3.05) is 19.8 Å². The smallest absolute Gasteiger partial charge is 0.326 e. The Balaban J connectivity index is 2.05. The molecule has 0 aromatic rings. The fraction of sp³-hybridized carbons (Fsp3) is 0.929. The summed E-state index contributed by atoms with van der Waals surface area (Å²) in [6, 6.07) is 0. The molecule has 1 saturated heterocycles. The van der Waals surface area contributed by atoms with Crippen LogP contribution in [0.15, 0.2) is 0 Å². The van der Waals surface area contributed by atoms with Crippen molar-refractivity contribution in [2.45, 2.75) is 63.8 Å². The second kappa shape index (κ2) is 8.48. The molecule has 0 spiro atoms. The minimum absolute atomic E-state index is 0.251. The van der Waals surface area contributed by atoms with Gasteiger partial charge in [-0.1, -0.05) is 39.0 Å². The standard InChI is InChI=1S/C14H27NO3/c1-2-3-4-5-6-7-10-18-13(16)14(15)8-11-17-12-9-14/h2-12,15H2,1H3. The van der Waals surface area contributed by atoms with Crippen molar-refractivity contribution in [1.82, 2.24) is 0 Å². The van der Waals surface area contributed by atoms with E-state index >= 15 is 0 Å². The van der Waals surface area contributed by atoms with E-state index in [9.17, 15) is 4.79 Å². The Bertz CT molecular complexity index is 237. The lowest BCUT2D eigenvalue weighted by Gasteiger charge is -2.30. The molecule has 4 nitrogen and oxygen atoms in total. The van der Waals surface area contributed by atoms with Crippen LogP contribution in [0.2, 0.25) is 0 Å². The first-order valence-corrected chi connectivity index (χ1v) is 7.23. The van der Waals surface area contributed by atoms with Crippen LogP contribution in [0, 0.1) is 0 Å². The molecule has 0 aliphatic carbocycles. The summed E-state index contributed by atoms with van der Waals surface area (Å²) in [5.41, 5.74) is 5.22. The Kier molecular flexibility index (Phi) is 7.28. The Morgan fingerprint density at radius 3 is 2.44 bits per heavy atom. The third kappa shape index (κ3) is 5.36. The zero-order valence-electron chi connectivity index (χ0n) is 11.6. The largest absolute Gasteiger partial charge is 0.464 e. The summed E-state index contributed by atoms with van der Waals surface area (Å²) < 4.78 is 10.5. The molecule has 1 fully saturated rings. The van der Waals surface area contributed by atoms with Crippen LogP contribution in [0.25, 0.3) is 0 Å². The summed E-state index contributed by atoms with van der Waals surface area (Å²) in [5, 5.41) is 0. The molecule has 0 aromatic carbocycles. The highest BCUT2D eigenvalue weighted by Gasteiger charge is 2.37. The second-order valence-corrected chi connectivity index (χ2v) is 5.17. The molecule has 1 heterocycles. The molecule has 4 heteroatoms. The first-order chi connectivity index (χ1) is 8.69. The van der Waals surface area contributed by atoms with Gasteiger partial charge in [-0.05, 0) is 19.3 Å². The number of unbranched alkanes of at least 4 members (excludes halogenated alkanes) is 5. The highest BCUT2D eigenvalue weighted by Crippen LogP contribution is 2.19. The minimum atomic E-state index is -0.805. The van der Waals surface area contributed by atoms with Crippen LogP contribution in [0.1, 0.15) is 58.3 Å². The first-order valence-electron chi connectivity index (χ1n) is 7.23. The van der Waals surface area contributed by atoms with Gasteiger partial charge >= 0.3 is 5.97 Å². The number of esters is 1. The van der Waals surface area contributed by atoms with Gasteiger partial charge in [-0.3, -0.25) is 4.79 Å². The van der Waals surface area contributed by atoms with Crippen LogP contribution < -0.4 is 5.73 Å². The van der Waals surface area contributed by atoms with Crippen LogP contribution in [-0.4, -0.2) is 31.3 Å². The molecular formula is C14H27NO3. The van der Waals surface area contributed by atoms with Crippen molar-refractivity contribution in [1.29, 1.82) is 0 Å². The van der Waals surface area contributed by atoms with Gasteiger partial charge in [0.2, 0.25) is 0 Å². The van der Waals surface area contributed by atoms with Gasteiger partial charge in [0.05, 0.1) is 6.61 Å². The van der Waals surface area contributed by atoms with E-state index < -0.39 is 5.54 Å². The van der Waals surface area contributed by atoms with E-state index in [1.165, 1.54) is 25.7 Å². The molecule has 18 heavy (non-hydrogen) atoms. The number of nitrogens with two attached hydrogens (primary N) is 1. The summed E-state index contributed by atoms with van der Waals surface area (Å²) >= 11 is 0. The van der Waals surface area contributed by atoms with Gasteiger partial charge in [0.1, 0.15) is 5.54 Å². The van der Waals surface area contributed by atoms with Gasteiger partial charge in [0, 0.05) is 13.2 Å². The minimum Gasteiger partial charge on any atom is -0.464 e. The van der Waals surface area contributed by atoms with Gasteiger partial charge in [0.25, 0.3) is 0 Å². The summed E-state index contributed by atoms with van der Waals surface area (Å²) in [5.74, 6) is -0.251. The van der Waals surface area contributed by atoms with Gasteiger partial charge < -0.3 is 15.2 Å². The van der Waals surface area contributed by atoms with E-state index in [4.69, 9.17) is 15.2 Å². The monoisotopic (exact) mass is 257 g/mol. The summed E-state index contributed by atoms with van der Waals surface area (Å²) in [4.78, 5) is 11.9. The van der Waals surface area contributed by atoms with Gasteiger partial charge in [-0.25, -0.2) is 0 Å². The van der Waals surface area contributed by atoms with Gasteiger partial charge in [0.15, 0.2) is 0 Å². The zero-order valence-corrected chi connectivity index (χ0v) is 11.6. The molecule has 0 aromatic heterocycles. The number of hydrogen-bond acceptors (Lipinski definition) is 4. The normalized spacial score (nSPS) is 18.6. The van der Waals surface area contributed by atoms with Crippen LogP contribution in [-0.2, 0) is 14.3 Å². The average molecular weight is 257 g/mol. The molecule has 0 radical (unpaired) electrons. The Hall–Kier alpha value is -0.610. The molecular weight excluding hydrogens is 230 g/mol. The maximum absolute atomic E-state index is 11.9. The van der Waals surface area contributed by atoms with Crippen LogP contribution in [0.3, 0.4) is 0 Å². The summed E-state index contributed by atoms with van der Waals surface area (Å²) in [6.07, 6.45) is 8.29. The maximum Gasteiger partial charge on any atom is 0.326 e. The lowest BCUT2D eigenvalue weighted by molar-refractivity contribution is -0.154. The fourth-order valence-corrected chi connectivity index (χ4v) is 2.13. The third-order valence-corrected chi connectivity index (χ3v) is 3.52. The van der Waals surface area contributed by atoms with E-state index in [1.807, 2.05) is 0 Å². The predicted molar refractivity (Wildman–Crippen MR) is 71.3 cm³/mol. The van der Waals surface area contributed by atoms with Gasteiger partial charge in [-0.15, -0.1) is 0 Å². The number of ether oxygens (including phenoxy) is 2. The van der Waals surface area contributed by atoms with Crippen LogP contribution in [0.4, 0.5) is 0 Å². The molecule has 1 rings (SSSR count). The molecule has 0 saturated carbocycles. The van der Waals surface area contributed by atoms with E-state index in [0.717, 1.165) is 12.8 Å². The highest BCUT2D eigenvalue weighted by atomic mass is 16.5. The van der Waals surface area contributed by atoms with Crippen molar-refractivity contribution >= 4 is 5.97 Å². The third-order valence-electron chi connectivity index (χ3n) is 3.52. The lowest BCUT2D eigenvalue weighted by atomic mass is 9.92. The van der Waals surface area contributed by atoms with Crippen molar-refractivity contribution < 1.29 is 14.3 Å². The van der Waals surface area contributed by atoms with E-state index in [1.54, 1.807) is 0 Å². The maximum atomic E-state index is 11.9. The topological polar surface area (TPSA) is 61.5 Å². The van der Waals surface area contributed by atoms with E-state index in [0.29, 0.717) is 32.7 Å². The Labute approximate surface area is 110 Å². The highest BCUT2D eigenvalue weighted by molar-refractivity contribution is 5.80. The Morgan fingerprint density at radius 1 is 1.17 bits per heavy atom.